The SMILES string of the molecule is COC(=O)C1=C(C)NC(=S)N[C@@H]1c1ccccc1C(F)(F)F. The number of allylic oxidation sites excluding steroid dienone is 1. The first-order valence-electron chi connectivity index (χ1n) is 6.28. The summed E-state index contributed by atoms with van der Waals surface area (Å²) in [6.45, 7) is 1.56. The number of rotatable bonds is 2. The van der Waals surface area contributed by atoms with E-state index in [1.807, 2.05) is 0 Å². The minimum atomic E-state index is -4.54. The standard InChI is InChI=1S/C14H13F3N2O2S/c1-7-10(12(20)21-2)11(19-13(22)18-7)8-5-3-4-6-9(8)14(15,16)17/h3-6,11H,1-2H3,(H2,18,19,22)/t11-/m1/s1. The second-order valence-electron chi connectivity index (χ2n) is 4.65. The molecule has 0 aliphatic carbocycles. The number of halogens is 3. The van der Waals surface area contributed by atoms with Crippen LogP contribution >= 0.6 is 12.2 Å². The van der Waals surface area contributed by atoms with Gasteiger partial charge in [-0.05, 0) is 30.8 Å². The minimum absolute atomic E-state index is 0.0628. The Balaban J connectivity index is 2.62. The molecule has 2 N–H and O–H groups in total. The zero-order chi connectivity index (χ0) is 16.5. The number of methoxy groups -OCH3 is 1. The van der Waals surface area contributed by atoms with Crippen LogP contribution in [-0.2, 0) is 15.7 Å². The number of benzene rings is 1. The van der Waals surface area contributed by atoms with E-state index in [1.165, 1.54) is 25.3 Å². The highest BCUT2D eigenvalue weighted by atomic mass is 32.1. The van der Waals surface area contributed by atoms with Gasteiger partial charge in [-0.3, -0.25) is 0 Å². The average molecular weight is 330 g/mol. The number of ether oxygens (including phenoxy) is 1. The molecule has 1 aliphatic rings. The maximum atomic E-state index is 13.2. The number of thiocarbonyl (C=S) groups is 1. The van der Waals surface area contributed by atoms with Gasteiger partial charge in [-0.25, -0.2) is 4.79 Å². The van der Waals surface area contributed by atoms with Gasteiger partial charge in [-0.1, -0.05) is 18.2 Å². The first-order chi connectivity index (χ1) is 10.3. The third kappa shape index (κ3) is 3.06. The highest BCUT2D eigenvalue weighted by molar-refractivity contribution is 7.80. The van der Waals surface area contributed by atoms with Gasteiger partial charge < -0.3 is 15.4 Å². The summed E-state index contributed by atoms with van der Waals surface area (Å²) in [7, 11) is 1.17. The summed E-state index contributed by atoms with van der Waals surface area (Å²) in [5, 5.41) is 5.57. The van der Waals surface area contributed by atoms with E-state index in [1.54, 1.807) is 6.92 Å². The van der Waals surface area contributed by atoms with Gasteiger partial charge in [0.25, 0.3) is 0 Å². The average Bonchev–Trinajstić information content (AvgIpc) is 2.45. The Bertz CT molecular complexity index is 656. The van der Waals surface area contributed by atoms with Crippen LogP contribution in [-0.4, -0.2) is 18.2 Å². The third-order valence-electron chi connectivity index (χ3n) is 3.25. The van der Waals surface area contributed by atoms with E-state index < -0.39 is 23.8 Å². The Morgan fingerprint density at radius 3 is 2.55 bits per heavy atom. The molecule has 0 aromatic heterocycles. The van der Waals surface area contributed by atoms with Crippen molar-refractivity contribution in [3.05, 3.63) is 46.7 Å². The lowest BCUT2D eigenvalue weighted by atomic mass is 9.92. The van der Waals surface area contributed by atoms with E-state index in [0.29, 0.717) is 5.70 Å². The van der Waals surface area contributed by atoms with Crippen molar-refractivity contribution < 1.29 is 22.7 Å². The predicted molar refractivity (Wildman–Crippen MR) is 77.8 cm³/mol. The highest BCUT2D eigenvalue weighted by Gasteiger charge is 2.39. The molecule has 4 nitrogen and oxygen atoms in total. The van der Waals surface area contributed by atoms with Crippen LogP contribution in [0.1, 0.15) is 24.1 Å². The molecule has 0 unspecified atom stereocenters. The van der Waals surface area contributed by atoms with Gasteiger partial charge >= 0.3 is 12.1 Å². The molecule has 1 atom stereocenters. The first-order valence-corrected chi connectivity index (χ1v) is 6.69. The monoisotopic (exact) mass is 330 g/mol. The molecule has 0 radical (unpaired) electrons. The quantitative estimate of drug-likeness (QED) is 0.645. The molecule has 2 rings (SSSR count). The number of esters is 1. The number of nitrogens with one attached hydrogen (secondary N) is 2. The number of hydrogen-bond acceptors (Lipinski definition) is 3. The van der Waals surface area contributed by atoms with Crippen LogP contribution < -0.4 is 10.6 Å². The van der Waals surface area contributed by atoms with E-state index in [2.05, 4.69) is 15.4 Å². The fraction of sp³-hybridized carbons (Fsp3) is 0.286. The summed E-state index contributed by atoms with van der Waals surface area (Å²) >= 11 is 4.98. The van der Waals surface area contributed by atoms with Crippen molar-refractivity contribution in [1.82, 2.24) is 10.6 Å². The van der Waals surface area contributed by atoms with E-state index in [0.717, 1.165) is 6.07 Å². The van der Waals surface area contributed by atoms with E-state index in [4.69, 9.17) is 12.2 Å². The van der Waals surface area contributed by atoms with E-state index in [-0.39, 0.29) is 16.2 Å². The van der Waals surface area contributed by atoms with Crippen LogP contribution in [0.4, 0.5) is 13.2 Å². The molecule has 0 amide bonds. The van der Waals surface area contributed by atoms with Gasteiger partial charge in [0, 0.05) is 5.70 Å². The molecular formula is C14H13F3N2O2S. The summed E-state index contributed by atoms with van der Waals surface area (Å²) in [6.07, 6.45) is -4.54. The second-order valence-corrected chi connectivity index (χ2v) is 5.05. The van der Waals surface area contributed by atoms with Gasteiger partial charge in [0.05, 0.1) is 24.3 Å². The molecule has 1 aliphatic heterocycles. The Morgan fingerprint density at radius 1 is 1.32 bits per heavy atom. The van der Waals surface area contributed by atoms with Gasteiger partial charge in [-0.2, -0.15) is 13.2 Å². The van der Waals surface area contributed by atoms with Crippen LogP contribution in [0.2, 0.25) is 0 Å². The van der Waals surface area contributed by atoms with Crippen molar-refractivity contribution in [3.8, 4) is 0 Å². The summed E-state index contributed by atoms with van der Waals surface area (Å²) in [4.78, 5) is 11.9. The maximum Gasteiger partial charge on any atom is 0.416 e. The third-order valence-corrected chi connectivity index (χ3v) is 3.47. The summed E-state index contributed by atoms with van der Waals surface area (Å²) in [5.41, 5.74) is -0.490. The molecule has 1 aromatic carbocycles. The van der Waals surface area contributed by atoms with Crippen LogP contribution in [0.25, 0.3) is 0 Å². The fourth-order valence-electron chi connectivity index (χ4n) is 2.31. The minimum Gasteiger partial charge on any atom is -0.466 e. The topological polar surface area (TPSA) is 50.4 Å². The smallest absolute Gasteiger partial charge is 0.416 e. The molecule has 0 saturated heterocycles. The van der Waals surface area contributed by atoms with Crippen molar-refractivity contribution in [3.63, 3.8) is 0 Å². The largest absolute Gasteiger partial charge is 0.466 e. The molecule has 0 saturated carbocycles. The second kappa shape index (κ2) is 5.96. The first kappa shape index (κ1) is 16.3. The fourth-order valence-corrected chi connectivity index (χ4v) is 2.59. The Kier molecular flexibility index (Phi) is 4.41. The highest BCUT2D eigenvalue weighted by Crippen LogP contribution is 2.38. The number of hydrogen-bond donors (Lipinski definition) is 2. The number of carbonyl (C=O) groups is 1. The van der Waals surface area contributed by atoms with Crippen molar-refractivity contribution >= 4 is 23.3 Å². The lowest BCUT2D eigenvalue weighted by Crippen LogP contribution is -2.45. The molecular weight excluding hydrogens is 317 g/mol. The van der Waals surface area contributed by atoms with Crippen LogP contribution in [0.5, 0.6) is 0 Å². The lowest BCUT2D eigenvalue weighted by molar-refractivity contribution is -0.139. The van der Waals surface area contributed by atoms with Crippen molar-refractivity contribution in [2.24, 2.45) is 0 Å². The van der Waals surface area contributed by atoms with Crippen molar-refractivity contribution in [1.29, 1.82) is 0 Å². The molecule has 0 fully saturated rings. The molecule has 1 heterocycles. The van der Waals surface area contributed by atoms with Gasteiger partial charge in [0.2, 0.25) is 0 Å². The molecule has 22 heavy (non-hydrogen) atoms. The Morgan fingerprint density at radius 2 is 1.95 bits per heavy atom. The Labute approximate surface area is 130 Å². The summed E-state index contributed by atoms with van der Waals surface area (Å²) < 4.78 is 44.3. The summed E-state index contributed by atoms with van der Waals surface area (Å²) in [5.74, 6) is -0.720. The van der Waals surface area contributed by atoms with E-state index >= 15 is 0 Å². The van der Waals surface area contributed by atoms with Crippen LogP contribution in [0, 0.1) is 0 Å². The van der Waals surface area contributed by atoms with Gasteiger partial charge in [0.15, 0.2) is 5.11 Å². The van der Waals surface area contributed by atoms with Crippen LogP contribution in [0.15, 0.2) is 35.5 Å². The summed E-state index contributed by atoms with van der Waals surface area (Å²) in [6, 6.07) is 4.01. The van der Waals surface area contributed by atoms with Crippen molar-refractivity contribution in [2.75, 3.05) is 7.11 Å². The van der Waals surface area contributed by atoms with E-state index in [9.17, 15) is 18.0 Å². The van der Waals surface area contributed by atoms with Crippen LogP contribution in [0.3, 0.4) is 0 Å². The molecule has 8 heteroatoms. The number of carbonyl (C=O) groups excluding carboxylic acids is 1. The zero-order valence-electron chi connectivity index (χ0n) is 11.7. The predicted octanol–water partition coefficient (Wildman–Crippen LogP) is 2.67. The maximum absolute atomic E-state index is 13.2. The van der Waals surface area contributed by atoms with Crippen molar-refractivity contribution in [2.45, 2.75) is 19.1 Å². The lowest BCUT2D eigenvalue weighted by Gasteiger charge is -2.31. The molecule has 0 bridgehead atoms. The Hall–Kier alpha value is -2.09. The normalized spacial score (nSPS) is 18.6. The molecule has 0 spiro atoms. The van der Waals surface area contributed by atoms with Gasteiger partial charge in [-0.15, -0.1) is 0 Å². The number of alkyl halides is 3. The zero-order valence-corrected chi connectivity index (χ0v) is 12.6. The van der Waals surface area contributed by atoms with Gasteiger partial charge in [0.1, 0.15) is 0 Å². The molecule has 118 valence electrons. The molecule has 1 aromatic rings.